The van der Waals surface area contributed by atoms with Gasteiger partial charge in [0.15, 0.2) is 0 Å². The molecule has 1 amide bonds. The molecule has 0 heterocycles. The Balaban J connectivity index is 2.68. The van der Waals surface area contributed by atoms with E-state index in [0.717, 1.165) is 6.54 Å². The molecule has 1 rings (SSSR count). The molecule has 0 fully saturated rings. The molecule has 88 valence electrons. The first-order chi connectivity index (χ1) is 7.50. The quantitative estimate of drug-likeness (QED) is 0.704. The standard InChI is InChI=1S/C11H17N3O2/c1-14(2)5-6-16-8-3-4-10(12)9(7-8)11(13)15/h3-4,7H,5-6,12H2,1-2H3,(H2,13,15). The second-order valence-electron chi connectivity index (χ2n) is 3.77. The van der Waals surface area contributed by atoms with Crippen molar-refractivity contribution in [1.29, 1.82) is 0 Å². The summed E-state index contributed by atoms with van der Waals surface area (Å²) in [6.07, 6.45) is 0. The van der Waals surface area contributed by atoms with E-state index in [0.29, 0.717) is 23.6 Å². The SMILES string of the molecule is CN(C)CCOc1ccc(N)c(C(N)=O)c1. The minimum atomic E-state index is -0.546. The molecule has 5 nitrogen and oxygen atoms in total. The summed E-state index contributed by atoms with van der Waals surface area (Å²) in [6, 6.07) is 4.90. The molecule has 0 spiro atoms. The van der Waals surface area contributed by atoms with E-state index in [1.807, 2.05) is 19.0 Å². The number of hydrogen-bond acceptors (Lipinski definition) is 4. The zero-order chi connectivity index (χ0) is 12.1. The Morgan fingerprint density at radius 2 is 2.12 bits per heavy atom. The number of primary amides is 1. The van der Waals surface area contributed by atoms with E-state index in [1.54, 1.807) is 18.2 Å². The molecule has 0 saturated heterocycles. The average Bonchev–Trinajstić information content (AvgIpc) is 2.19. The number of hydrogen-bond donors (Lipinski definition) is 2. The van der Waals surface area contributed by atoms with E-state index in [9.17, 15) is 4.79 Å². The highest BCUT2D eigenvalue weighted by molar-refractivity contribution is 5.98. The number of ether oxygens (including phenoxy) is 1. The average molecular weight is 223 g/mol. The maximum atomic E-state index is 11.0. The number of nitrogens with zero attached hydrogens (tertiary/aromatic N) is 1. The van der Waals surface area contributed by atoms with Gasteiger partial charge in [-0.3, -0.25) is 4.79 Å². The lowest BCUT2D eigenvalue weighted by Crippen LogP contribution is -2.19. The first kappa shape index (κ1) is 12.3. The predicted octanol–water partition coefficient (Wildman–Crippen LogP) is 0.308. The number of likely N-dealkylation sites (N-methyl/N-ethyl adjacent to an activating group) is 1. The Bertz CT molecular complexity index is 377. The van der Waals surface area contributed by atoms with Gasteiger partial charge in [0.25, 0.3) is 5.91 Å². The molecule has 1 aromatic rings. The Kier molecular flexibility index (Phi) is 4.13. The van der Waals surface area contributed by atoms with Gasteiger partial charge in [0, 0.05) is 12.2 Å². The molecule has 0 aliphatic heterocycles. The van der Waals surface area contributed by atoms with Crippen molar-refractivity contribution in [1.82, 2.24) is 4.90 Å². The summed E-state index contributed by atoms with van der Waals surface area (Å²) < 4.78 is 5.46. The van der Waals surface area contributed by atoms with Crippen LogP contribution in [-0.2, 0) is 0 Å². The highest BCUT2D eigenvalue weighted by atomic mass is 16.5. The summed E-state index contributed by atoms with van der Waals surface area (Å²) in [5.74, 6) is 0.0559. The van der Waals surface area contributed by atoms with Gasteiger partial charge in [-0.25, -0.2) is 0 Å². The van der Waals surface area contributed by atoms with E-state index < -0.39 is 5.91 Å². The van der Waals surface area contributed by atoms with Crippen molar-refractivity contribution in [3.63, 3.8) is 0 Å². The fourth-order valence-corrected chi connectivity index (χ4v) is 1.18. The zero-order valence-electron chi connectivity index (χ0n) is 9.56. The maximum absolute atomic E-state index is 11.0. The largest absolute Gasteiger partial charge is 0.492 e. The smallest absolute Gasteiger partial charge is 0.250 e. The summed E-state index contributed by atoms with van der Waals surface area (Å²) in [5, 5.41) is 0. The normalized spacial score (nSPS) is 10.4. The van der Waals surface area contributed by atoms with Crippen molar-refractivity contribution in [3.05, 3.63) is 23.8 Å². The zero-order valence-corrected chi connectivity index (χ0v) is 9.56. The molecule has 0 aliphatic carbocycles. The second-order valence-corrected chi connectivity index (χ2v) is 3.77. The van der Waals surface area contributed by atoms with Crippen molar-refractivity contribution in [3.8, 4) is 5.75 Å². The molecule has 0 aliphatic rings. The summed E-state index contributed by atoms with van der Waals surface area (Å²) in [4.78, 5) is 13.0. The van der Waals surface area contributed by atoms with Gasteiger partial charge in [0.05, 0.1) is 5.56 Å². The number of rotatable bonds is 5. The van der Waals surface area contributed by atoms with Gasteiger partial charge in [-0.15, -0.1) is 0 Å². The molecule has 0 radical (unpaired) electrons. The Morgan fingerprint density at radius 1 is 1.44 bits per heavy atom. The van der Waals surface area contributed by atoms with Crippen LogP contribution >= 0.6 is 0 Å². The molecule has 0 unspecified atom stereocenters. The minimum absolute atomic E-state index is 0.294. The topological polar surface area (TPSA) is 81.6 Å². The highest BCUT2D eigenvalue weighted by Crippen LogP contribution is 2.19. The van der Waals surface area contributed by atoms with Gasteiger partial charge < -0.3 is 21.1 Å². The van der Waals surface area contributed by atoms with Gasteiger partial charge in [-0.05, 0) is 32.3 Å². The van der Waals surface area contributed by atoms with Crippen molar-refractivity contribution in [2.24, 2.45) is 5.73 Å². The van der Waals surface area contributed by atoms with Crippen LogP contribution in [0.15, 0.2) is 18.2 Å². The van der Waals surface area contributed by atoms with Crippen LogP contribution in [0.5, 0.6) is 5.75 Å². The highest BCUT2D eigenvalue weighted by Gasteiger charge is 2.07. The number of carbonyl (C=O) groups excluding carboxylic acids is 1. The van der Waals surface area contributed by atoms with Crippen LogP contribution < -0.4 is 16.2 Å². The minimum Gasteiger partial charge on any atom is -0.492 e. The molecule has 0 atom stereocenters. The van der Waals surface area contributed by atoms with E-state index >= 15 is 0 Å². The Hall–Kier alpha value is -1.75. The summed E-state index contributed by atoms with van der Waals surface area (Å²) in [5.41, 5.74) is 11.4. The number of anilines is 1. The lowest BCUT2D eigenvalue weighted by Gasteiger charge is -2.12. The van der Waals surface area contributed by atoms with Gasteiger partial charge in [0.1, 0.15) is 12.4 Å². The Morgan fingerprint density at radius 3 is 2.69 bits per heavy atom. The van der Waals surface area contributed by atoms with Crippen LogP contribution in [0.3, 0.4) is 0 Å². The molecular formula is C11H17N3O2. The molecule has 0 saturated carbocycles. The molecule has 0 aromatic heterocycles. The van der Waals surface area contributed by atoms with Crippen LogP contribution in [0.1, 0.15) is 10.4 Å². The van der Waals surface area contributed by atoms with Crippen molar-refractivity contribution in [2.45, 2.75) is 0 Å². The van der Waals surface area contributed by atoms with Crippen LogP contribution in [0.25, 0.3) is 0 Å². The predicted molar refractivity (Wildman–Crippen MR) is 63.4 cm³/mol. The monoisotopic (exact) mass is 223 g/mol. The molecule has 0 bridgehead atoms. The molecular weight excluding hydrogens is 206 g/mol. The third kappa shape index (κ3) is 3.43. The number of carbonyl (C=O) groups is 1. The third-order valence-electron chi connectivity index (χ3n) is 2.10. The van der Waals surface area contributed by atoms with Gasteiger partial charge in [0.2, 0.25) is 0 Å². The lowest BCUT2D eigenvalue weighted by molar-refractivity contribution is 0.100. The first-order valence-electron chi connectivity index (χ1n) is 4.97. The van der Waals surface area contributed by atoms with Crippen molar-refractivity contribution in [2.75, 3.05) is 33.0 Å². The fourth-order valence-electron chi connectivity index (χ4n) is 1.18. The Labute approximate surface area is 95.0 Å². The number of nitrogen functional groups attached to an aromatic ring is 1. The fraction of sp³-hybridized carbons (Fsp3) is 0.364. The van der Waals surface area contributed by atoms with E-state index in [4.69, 9.17) is 16.2 Å². The number of nitrogens with two attached hydrogens (primary N) is 2. The van der Waals surface area contributed by atoms with Crippen molar-refractivity contribution < 1.29 is 9.53 Å². The summed E-state index contributed by atoms with van der Waals surface area (Å²) >= 11 is 0. The number of benzene rings is 1. The molecule has 16 heavy (non-hydrogen) atoms. The van der Waals surface area contributed by atoms with E-state index in [1.165, 1.54) is 0 Å². The summed E-state index contributed by atoms with van der Waals surface area (Å²) in [6.45, 7) is 1.35. The molecule has 5 heteroatoms. The van der Waals surface area contributed by atoms with Crippen LogP contribution in [0.2, 0.25) is 0 Å². The van der Waals surface area contributed by atoms with Crippen LogP contribution in [0, 0.1) is 0 Å². The first-order valence-corrected chi connectivity index (χ1v) is 4.97. The number of amides is 1. The van der Waals surface area contributed by atoms with Crippen LogP contribution in [-0.4, -0.2) is 38.1 Å². The van der Waals surface area contributed by atoms with Gasteiger partial charge >= 0.3 is 0 Å². The molecule has 1 aromatic carbocycles. The van der Waals surface area contributed by atoms with E-state index in [2.05, 4.69) is 0 Å². The second kappa shape index (κ2) is 5.37. The lowest BCUT2D eigenvalue weighted by atomic mass is 10.1. The van der Waals surface area contributed by atoms with Crippen LogP contribution in [0.4, 0.5) is 5.69 Å². The third-order valence-corrected chi connectivity index (χ3v) is 2.10. The van der Waals surface area contributed by atoms with E-state index in [-0.39, 0.29) is 0 Å². The molecule has 4 N–H and O–H groups in total. The maximum Gasteiger partial charge on any atom is 0.250 e. The summed E-state index contributed by atoms with van der Waals surface area (Å²) in [7, 11) is 3.92. The van der Waals surface area contributed by atoms with Gasteiger partial charge in [-0.1, -0.05) is 0 Å². The van der Waals surface area contributed by atoms with Crippen molar-refractivity contribution >= 4 is 11.6 Å². The van der Waals surface area contributed by atoms with Gasteiger partial charge in [-0.2, -0.15) is 0 Å².